The third-order valence-corrected chi connectivity index (χ3v) is 5.70. The Balaban J connectivity index is 1.48. The number of aliphatic hydroxyl groups excluding tert-OH is 2. The van der Waals surface area contributed by atoms with E-state index in [0.29, 0.717) is 30.2 Å². The smallest absolute Gasteiger partial charge is 0.219 e. The highest BCUT2D eigenvalue weighted by Crippen LogP contribution is 2.34. The van der Waals surface area contributed by atoms with E-state index in [4.69, 9.17) is 21.1 Å². The van der Waals surface area contributed by atoms with Gasteiger partial charge in [-0.3, -0.25) is 0 Å². The fraction of sp³-hybridized carbons (Fsp3) is 0.348. The Labute approximate surface area is 180 Å². The van der Waals surface area contributed by atoms with Crippen LogP contribution in [0.5, 0.6) is 11.6 Å². The van der Waals surface area contributed by atoms with Crippen molar-refractivity contribution >= 4 is 11.6 Å². The summed E-state index contributed by atoms with van der Waals surface area (Å²) in [5.41, 5.74) is 3.05. The van der Waals surface area contributed by atoms with Gasteiger partial charge in [-0.05, 0) is 41.3 Å². The largest absolute Gasteiger partial charge is 0.439 e. The molecule has 4 rings (SSSR count). The molecule has 0 spiro atoms. The van der Waals surface area contributed by atoms with E-state index in [1.165, 1.54) is 0 Å². The van der Waals surface area contributed by atoms with E-state index >= 15 is 0 Å². The Kier molecular flexibility index (Phi) is 6.39. The van der Waals surface area contributed by atoms with Gasteiger partial charge in [-0.2, -0.15) is 0 Å². The predicted octanol–water partition coefficient (Wildman–Crippen LogP) is 4.03. The van der Waals surface area contributed by atoms with Crippen molar-refractivity contribution in [2.24, 2.45) is 7.05 Å². The van der Waals surface area contributed by atoms with Crippen molar-refractivity contribution < 1.29 is 19.7 Å². The molecular weight excluding hydrogens is 404 g/mol. The summed E-state index contributed by atoms with van der Waals surface area (Å²) in [4.78, 5) is 4.05. The maximum absolute atomic E-state index is 10.1. The van der Waals surface area contributed by atoms with Crippen LogP contribution in [-0.4, -0.2) is 38.6 Å². The molecule has 0 saturated carbocycles. The highest BCUT2D eigenvalue weighted by Gasteiger charge is 2.29. The summed E-state index contributed by atoms with van der Waals surface area (Å²) in [6.45, 7) is -0.0960. The van der Waals surface area contributed by atoms with Crippen LogP contribution in [0, 0.1) is 0 Å². The van der Waals surface area contributed by atoms with Crippen LogP contribution < -0.4 is 4.74 Å². The zero-order chi connectivity index (χ0) is 21.1. The highest BCUT2D eigenvalue weighted by molar-refractivity contribution is 6.31. The maximum atomic E-state index is 10.1. The minimum Gasteiger partial charge on any atom is -0.439 e. The minimum atomic E-state index is -0.480. The molecule has 1 aliphatic rings. The lowest BCUT2D eigenvalue weighted by atomic mass is 9.94. The molecule has 2 N–H and O–H groups in total. The number of rotatable bonds is 6. The number of imidazole rings is 1. The fourth-order valence-electron chi connectivity index (χ4n) is 3.71. The monoisotopic (exact) mass is 428 g/mol. The second kappa shape index (κ2) is 9.18. The van der Waals surface area contributed by atoms with E-state index in [1.807, 2.05) is 54.1 Å². The molecule has 1 saturated heterocycles. The van der Waals surface area contributed by atoms with Gasteiger partial charge in [-0.15, -0.1) is 0 Å². The van der Waals surface area contributed by atoms with Gasteiger partial charge < -0.3 is 24.3 Å². The van der Waals surface area contributed by atoms with Crippen molar-refractivity contribution in [2.75, 3.05) is 6.61 Å². The van der Waals surface area contributed by atoms with Gasteiger partial charge in [-0.25, -0.2) is 4.98 Å². The summed E-state index contributed by atoms with van der Waals surface area (Å²) in [5.74, 6) is 1.41. The molecule has 3 aromatic rings. The summed E-state index contributed by atoms with van der Waals surface area (Å²) in [6, 6.07) is 13.7. The second-order valence-corrected chi connectivity index (χ2v) is 8.08. The van der Waals surface area contributed by atoms with Crippen molar-refractivity contribution in [3.05, 3.63) is 76.7 Å². The first-order valence-corrected chi connectivity index (χ1v) is 10.4. The lowest BCUT2D eigenvalue weighted by Gasteiger charge is -2.32. The van der Waals surface area contributed by atoms with E-state index in [0.717, 1.165) is 22.4 Å². The van der Waals surface area contributed by atoms with Crippen molar-refractivity contribution in [3.8, 4) is 11.6 Å². The Morgan fingerprint density at radius 1 is 1.20 bits per heavy atom. The third-order valence-electron chi connectivity index (χ3n) is 5.34. The third kappa shape index (κ3) is 4.84. The Morgan fingerprint density at radius 2 is 2.00 bits per heavy atom. The van der Waals surface area contributed by atoms with E-state index < -0.39 is 6.10 Å². The molecule has 0 amide bonds. The first-order chi connectivity index (χ1) is 14.5. The molecule has 158 valence electrons. The fourth-order valence-corrected chi connectivity index (χ4v) is 3.90. The number of aliphatic hydroxyl groups is 2. The number of aromatic nitrogens is 2. The summed E-state index contributed by atoms with van der Waals surface area (Å²) in [5, 5.41) is 20.2. The molecule has 6 nitrogen and oxygen atoms in total. The number of nitrogens with zero attached hydrogens (tertiary/aromatic N) is 2. The molecule has 2 aromatic carbocycles. The van der Waals surface area contributed by atoms with Gasteiger partial charge in [-0.1, -0.05) is 35.9 Å². The molecule has 1 aliphatic heterocycles. The van der Waals surface area contributed by atoms with E-state index in [-0.39, 0.29) is 18.8 Å². The molecule has 0 aliphatic carbocycles. The highest BCUT2D eigenvalue weighted by atomic mass is 35.5. The van der Waals surface area contributed by atoms with E-state index in [2.05, 4.69) is 4.98 Å². The molecule has 3 atom stereocenters. The molecule has 0 radical (unpaired) electrons. The maximum Gasteiger partial charge on any atom is 0.219 e. The lowest BCUT2D eigenvalue weighted by Crippen LogP contribution is -2.33. The number of halogens is 1. The standard InChI is InChI=1S/C23H25ClN2O4/c1-26-14-25-12-23(26)30-19-5-2-15(3-6-19)8-17-9-16(4-7-21(17)24)22-11-18(28)10-20(13-27)29-22/h2-7,9,12,14,18,20,22,27-28H,8,10-11,13H2,1H3/t18?,20-,22+/m0/s1. The molecule has 1 aromatic heterocycles. The number of hydrogen-bond acceptors (Lipinski definition) is 5. The Hall–Kier alpha value is -2.38. The summed E-state index contributed by atoms with van der Waals surface area (Å²) < 4.78 is 13.6. The van der Waals surface area contributed by atoms with Crippen molar-refractivity contribution in [3.63, 3.8) is 0 Å². The SMILES string of the molecule is Cn1cncc1Oc1ccc(Cc2cc([C@H]3CC(O)C[C@@H](CO)O3)ccc2Cl)cc1. The Morgan fingerprint density at radius 3 is 2.70 bits per heavy atom. The van der Waals surface area contributed by atoms with Gasteiger partial charge in [0.15, 0.2) is 0 Å². The van der Waals surface area contributed by atoms with Crippen molar-refractivity contribution in [2.45, 2.75) is 37.6 Å². The number of benzene rings is 2. The first-order valence-electron chi connectivity index (χ1n) is 9.97. The zero-order valence-electron chi connectivity index (χ0n) is 16.7. The quantitative estimate of drug-likeness (QED) is 0.619. The van der Waals surface area contributed by atoms with Crippen LogP contribution in [0.15, 0.2) is 55.0 Å². The van der Waals surface area contributed by atoms with E-state index in [1.54, 1.807) is 12.5 Å². The van der Waals surface area contributed by atoms with Crippen LogP contribution in [0.25, 0.3) is 0 Å². The van der Waals surface area contributed by atoms with E-state index in [9.17, 15) is 10.2 Å². The van der Waals surface area contributed by atoms with Gasteiger partial charge in [0.25, 0.3) is 0 Å². The molecule has 2 heterocycles. The summed E-state index contributed by atoms with van der Waals surface area (Å²) >= 11 is 6.45. The first kappa shape index (κ1) is 20.9. The molecule has 1 fully saturated rings. The van der Waals surface area contributed by atoms with Crippen LogP contribution >= 0.6 is 11.6 Å². The summed E-state index contributed by atoms with van der Waals surface area (Å²) in [6.07, 6.45) is 3.92. The molecular formula is C23H25ClN2O4. The van der Waals surface area contributed by atoms with Gasteiger partial charge in [0.2, 0.25) is 5.88 Å². The average molecular weight is 429 g/mol. The van der Waals surface area contributed by atoms with Crippen molar-refractivity contribution in [1.82, 2.24) is 9.55 Å². The zero-order valence-corrected chi connectivity index (χ0v) is 17.5. The van der Waals surface area contributed by atoms with Gasteiger partial charge in [0, 0.05) is 24.9 Å². The van der Waals surface area contributed by atoms with Crippen LogP contribution in [-0.2, 0) is 18.2 Å². The van der Waals surface area contributed by atoms with Crippen LogP contribution in [0.3, 0.4) is 0 Å². The minimum absolute atomic E-state index is 0.0960. The number of ether oxygens (including phenoxy) is 2. The van der Waals surface area contributed by atoms with Crippen LogP contribution in [0.1, 0.15) is 35.6 Å². The molecule has 0 bridgehead atoms. The number of aryl methyl sites for hydroxylation is 1. The van der Waals surface area contributed by atoms with Gasteiger partial charge in [0.05, 0.1) is 37.4 Å². The molecule has 1 unspecified atom stereocenters. The van der Waals surface area contributed by atoms with Crippen molar-refractivity contribution in [1.29, 1.82) is 0 Å². The topological polar surface area (TPSA) is 76.7 Å². The second-order valence-electron chi connectivity index (χ2n) is 7.67. The number of hydrogen-bond donors (Lipinski definition) is 2. The lowest BCUT2D eigenvalue weighted by molar-refractivity contribution is -0.113. The molecule has 30 heavy (non-hydrogen) atoms. The summed E-state index contributed by atoms with van der Waals surface area (Å²) in [7, 11) is 1.88. The average Bonchev–Trinajstić information content (AvgIpc) is 3.15. The van der Waals surface area contributed by atoms with Crippen LogP contribution in [0.4, 0.5) is 0 Å². The molecule has 7 heteroatoms. The van der Waals surface area contributed by atoms with Crippen LogP contribution in [0.2, 0.25) is 5.02 Å². The Bertz CT molecular complexity index is 989. The predicted molar refractivity (Wildman–Crippen MR) is 114 cm³/mol. The van der Waals surface area contributed by atoms with Gasteiger partial charge >= 0.3 is 0 Å². The van der Waals surface area contributed by atoms with Gasteiger partial charge in [0.1, 0.15) is 5.75 Å². The normalized spacial score (nSPS) is 21.5.